The molecule has 1 aromatic rings. The van der Waals surface area contributed by atoms with Gasteiger partial charge in [-0.2, -0.15) is 0 Å². The summed E-state index contributed by atoms with van der Waals surface area (Å²) in [5, 5.41) is 3.19. The van der Waals surface area contributed by atoms with Crippen LogP contribution in [-0.2, 0) is 6.54 Å². The normalized spacial score (nSPS) is 23.4. The van der Waals surface area contributed by atoms with Gasteiger partial charge in [-0.1, -0.05) is 13.0 Å². The van der Waals surface area contributed by atoms with E-state index in [1.54, 1.807) is 0 Å². The molecule has 0 amide bonds. The van der Waals surface area contributed by atoms with Gasteiger partial charge in [-0.15, -0.1) is 0 Å². The molecule has 2 unspecified atom stereocenters. The first-order valence-electron chi connectivity index (χ1n) is 6.87. The van der Waals surface area contributed by atoms with Gasteiger partial charge in [0.05, 0.1) is 5.69 Å². The lowest BCUT2D eigenvalue weighted by Gasteiger charge is -2.23. The van der Waals surface area contributed by atoms with Crippen molar-refractivity contribution in [1.29, 1.82) is 0 Å². The molecule has 1 aromatic carbocycles. The van der Waals surface area contributed by atoms with Crippen LogP contribution in [-0.4, -0.2) is 45.2 Å². The molecule has 0 saturated carbocycles. The van der Waals surface area contributed by atoms with Crippen molar-refractivity contribution >= 4 is 21.6 Å². The summed E-state index contributed by atoms with van der Waals surface area (Å²) in [7, 11) is 6.33. The van der Waals surface area contributed by atoms with E-state index in [1.807, 2.05) is 7.05 Å². The molecule has 4 heteroatoms. The fourth-order valence-corrected chi connectivity index (χ4v) is 3.62. The molecule has 0 bridgehead atoms. The highest BCUT2D eigenvalue weighted by atomic mass is 79.9. The first-order valence-corrected chi connectivity index (χ1v) is 7.66. The Labute approximate surface area is 125 Å². The highest BCUT2D eigenvalue weighted by Crippen LogP contribution is 2.32. The lowest BCUT2D eigenvalue weighted by molar-refractivity contribution is 0.266. The van der Waals surface area contributed by atoms with Crippen LogP contribution in [0.15, 0.2) is 22.7 Å². The van der Waals surface area contributed by atoms with Gasteiger partial charge in [0, 0.05) is 30.1 Å². The Morgan fingerprint density at radius 2 is 2.11 bits per heavy atom. The molecule has 1 fully saturated rings. The third-order valence-corrected chi connectivity index (χ3v) is 4.60. The monoisotopic (exact) mass is 325 g/mol. The van der Waals surface area contributed by atoms with Crippen LogP contribution in [0.4, 0.5) is 5.69 Å². The topological polar surface area (TPSA) is 18.5 Å². The van der Waals surface area contributed by atoms with E-state index >= 15 is 0 Å². The van der Waals surface area contributed by atoms with Crippen LogP contribution in [0, 0.1) is 5.92 Å². The van der Waals surface area contributed by atoms with E-state index in [1.165, 1.54) is 15.7 Å². The molecule has 0 spiro atoms. The van der Waals surface area contributed by atoms with Gasteiger partial charge in [-0.05, 0) is 60.7 Å². The molecule has 1 saturated heterocycles. The standard InChI is InChI=1S/C15H24BrN3/c1-11-9-19(10-15(11)18(3)4)14-6-5-12(8-17-2)7-13(14)16/h5-7,11,15,17H,8-10H2,1-4H3. The van der Waals surface area contributed by atoms with Crippen LogP contribution < -0.4 is 10.2 Å². The molecule has 2 atom stereocenters. The Morgan fingerprint density at radius 1 is 1.37 bits per heavy atom. The van der Waals surface area contributed by atoms with Crippen molar-refractivity contribution in [2.24, 2.45) is 5.92 Å². The first kappa shape index (κ1) is 14.8. The minimum absolute atomic E-state index is 0.642. The van der Waals surface area contributed by atoms with Gasteiger partial charge in [0.15, 0.2) is 0 Å². The highest BCUT2D eigenvalue weighted by molar-refractivity contribution is 9.10. The SMILES string of the molecule is CNCc1ccc(N2CC(C)C(N(C)C)C2)c(Br)c1. The van der Waals surface area contributed by atoms with E-state index in [4.69, 9.17) is 0 Å². The van der Waals surface area contributed by atoms with Crippen LogP contribution >= 0.6 is 15.9 Å². The maximum Gasteiger partial charge on any atom is 0.0511 e. The van der Waals surface area contributed by atoms with Crippen molar-refractivity contribution in [1.82, 2.24) is 10.2 Å². The number of benzene rings is 1. The Bertz CT molecular complexity index is 433. The summed E-state index contributed by atoms with van der Waals surface area (Å²) in [4.78, 5) is 4.83. The summed E-state index contributed by atoms with van der Waals surface area (Å²) >= 11 is 3.72. The van der Waals surface area contributed by atoms with Crippen LogP contribution in [0.25, 0.3) is 0 Å². The van der Waals surface area contributed by atoms with E-state index in [2.05, 4.69) is 70.3 Å². The van der Waals surface area contributed by atoms with Crippen molar-refractivity contribution in [3.8, 4) is 0 Å². The number of nitrogens with one attached hydrogen (secondary N) is 1. The molecule has 3 nitrogen and oxygen atoms in total. The second-order valence-corrected chi connectivity index (χ2v) is 6.58. The largest absolute Gasteiger partial charge is 0.369 e. The predicted octanol–water partition coefficient (Wildman–Crippen LogP) is 2.55. The molecular formula is C15H24BrN3. The van der Waals surface area contributed by atoms with Crippen molar-refractivity contribution < 1.29 is 0 Å². The summed E-state index contributed by atoms with van der Waals surface area (Å²) in [6, 6.07) is 7.31. The van der Waals surface area contributed by atoms with Gasteiger partial charge >= 0.3 is 0 Å². The summed E-state index contributed by atoms with van der Waals surface area (Å²) in [5.74, 6) is 0.707. The first-order chi connectivity index (χ1) is 9.02. The van der Waals surface area contributed by atoms with Gasteiger partial charge < -0.3 is 15.1 Å². The zero-order valence-electron chi connectivity index (χ0n) is 12.3. The van der Waals surface area contributed by atoms with E-state index in [0.717, 1.165) is 19.6 Å². The maximum absolute atomic E-state index is 3.72. The molecule has 0 aliphatic carbocycles. The third-order valence-electron chi connectivity index (χ3n) is 3.97. The molecule has 19 heavy (non-hydrogen) atoms. The van der Waals surface area contributed by atoms with Gasteiger partial charge in [-0.25, -0.2) is 0 Å². The number of rotatable bonds is 4. The van der Waals surface area contributed by atoms with E-state index in [-0.39, 0.29) is 0 Å². The van der Waals surface area contributed by atoms with Crippen molar-refractivity contribution in [3.05, 3.63) is 28.2 Å². The second kappa shape index (κ2) is 6.25. The fourth-order valence-electron chi connectivity index (χ4n) is 2.94. The minimum atomic E-state index is 0.642. The van der Waals surface area contributed by atoms with E-state index in [9.17, 15) is 0 Å². The zero-order chi connectivity index (χ0) is 14.0. The van der Waals surface area contributed by atoms with E-state index in [0.29, 0.717) is 12.0 Å². The average molecular weight is 326 g/mol. The Morgan fingerprint density at radius 3 is 2.63 bits per heavy atom. The number of anilines is 1. The van der Waals surface area contributed by atoms with Gasteiger partial charge in [0.2, 0.25) is 0 Å². The van der Waals surface area contributed by atoms with Crippen molar-refractivity contribution in [3.63, 3.8) is 0 Å². The molecule has 1 aliphatic heterocycles. The van der Waals surface area contributed by atoms with Crippen molar-refractivity contribution in [2.75, 3.05) is 39.1 Å². The third kappa shape index (κ3) is 3.30. The molecule has 106 valence electrons. The molecular weight excluding hydrogens is 302 g/mol. The van der Waals surface area contributed by atoms with Crippen LogP contribution in [0.1, 0.15) is 12.5 Å². The number of nitrogens with zero attached hydrogens (tertiary/aromatic N) is 2. The summed E-state index contributed by atoms with van der Waals surface area (Å²) in [5.41, 5.74) is 2.63. The molecule has 1 heterocycles. The molecule has 1 aliphatic rings. The highest BCUT2D eigenvalue weighted by Gasteiger charge is 2.31. The van der Waals surface area contributed by atoms with Gasteiger partial charge in [0.25, 0.3) is 0 Å². The Kier molecular flexibility index (Phi) is 4.87. The summed E-state index contributed by atoms with van der Waals surface area (Å²) in [6.07, 6.45) is 0. The van der Waals surface area contributed by atoms with Crippen LogP contribution in [0.5, 0.6) is 0 Å². The molecule has 2 rings (SSSR count). The maximum atomic E-state index is 3.72. The van der Waals surface area contributed by atoms with Gasteiger partial charge in [-0.3, -0.25) is 0 Å². The van der Waals surface area contributed by atoms with Crippen LogP contribution in [0.2, 0.25) is 0 Å². The lowest BCUT2D eigenvalue weighted by Crippen LogP contribution is -2.34. The average Bonchev–Trinajstić information content (AvgIpc) is 2.72. The predicted molar refractivity (Wildman–Crippen MR) is 85.8 cm³/mol. The number of hydrogen-bond donors (Lipinski definition) is 1. The summed E-state index contributed by atoms with van der Waals surface area (Å²) < 4.78 is 1.20. The number of halogens is 1. The van der Waals surface area contributed by atoms with E-state index < -0.39 is 0 Å². The Balaban J connectivity index is 2.15. The van der Waals surface area contributed by atoms with Crippen molar-refractivity contribution in [2.45, 2.75) is 19.5 Å². The molecule has 0 aromatic heterocycles. The molecule has 0 radical (unpaired) electrons. The summed E-state index contributed by atoms with van der Waals surface area (Å²) in [6.45, 7) is 5.49. The quantitative estimate of drug-likeness (QED) is 0.917. The fraction of sp³-hybridized carbons (Fsp3) is 0.600. The van der Waals surface area contributed by atoms with Crippen LogP contribution in [0.3, 0.4) is 0 Å². The lowest BCUT2D eigenvalue weighted by atomic mass is 10.1. The Hall–Kier alpha value is -0.580. The smallest absolute Gasteiger partial charge is 0.0511 e. The number of hydrogen-bond acceptors (Lipinski definition) is 3. The zero-order valence-corrected chi connectivity index (χ0v) is 13.9. The second-order valence-electron chi connectivity index (χ2n) is 5.73. The number of likely N-dealkylation sites (N-methyl/N-ethyl adjacent to an activating group) is 1. The minimum Gasteiger partial charge on any atom is -0.369 e. The molecule has 1 N–H and O–H groups in total. The van der Waals surface area contributed by atoms with Gasteiger partial charge in [0.1, 0.15) is 0 Å².